The van der Waals surface area contributed by atoms with Gasteiger partial charge in [0.25, 0.3) is 0 Å². The third-order valence-corrected chi connectivity index (χ3v) is 7.22. The summed E-state index contributed by atoms with van der Waals surface area (Å²) in [5.41, 5.74) is 5.41. The summed E-state index contributed by atoms with van der Waals surface area (Å²) in [5, 5.41) is 4.59. The van der Waals surface area contributed by atoms with Gasteiger partial charge in [-0.25, -0.2) is 8.42 Å². The van der Waals surface area contributed by atoms with Gasteiger partial charge in [0.2, 0.25) is 0 Å². The minimum absolute atomic E-state index is 0.0850. The van der Waals surface area contributed by atoms with Gasteiger partial charge in [-0.1, -0.05) is 24.3 Å². The molecule has 1 aliphatic heterocycles. The molecule has 0 N–H and O–H groups in total. The number of Topliss-reactive ketones (excluding diaryl/α,β-unsaturated/α-hetero) is 1. The Morgan fingerprint density at radius 1 is 1.19 bits per heavy atom. The van der Waals surface area contributed by atoms with E-state index in [1.165, 1.54) is 0 Å². The van der Waals surface area contributed by atoms with Crippen molar-refractivity contribution in [2.24, 2.45) is 0 Å². The van der Waals surface area contributed by atoms with Crippen molar-refractivity contribution in [3.63, 3.8) is 0 Å². The fourth-order valence-corrected chi connectivity index (χ4v) is 5.73. The van der Waals surface area contributed by atoms with E-state index in [1.807, 2.05) is 48.9 Å². The first-order valence-electron chi connectivity index (χ1n) is 8.95. The number of nitrogens with zero attached hydrogens (tertiary/aromatic N) is 2. The molecule has 4 rings (SSSR count). The van der Waals surface area contributed by atoms with Gasteiger partial charge in [-0.2, -0.15) is 5.10 Å². The number of aryl methyl sites for hydroxylation is 2. The van der Waals surface area contributed by atoms with Crippen molar-refractivity contribution in [3.05, 3.63) is 57.9 Å². The lowest BCUT2D eigenvalue weighted by Crippen LogP contribution is -2.14. The second-order valence-electron chi connectivity index (χ2n) is 7.24. The van der Waals surface area contributed by atoms with Gasteiger partial charge in [0.15, 0.2) is 15.6 Å². The second-order valence-corrected chi connectivity index (χ2v) is 9.47. The molecule has 0 spiro atoms. The van der Waals surface area contributed by atoms with E-state index in [-0.39, 0.29) is 23.3 Å². The van der Waals surface area contributed by atoms with E-state index in [4.69, 9.17) is 0 Å². The number of aromatic nitrogens is 2. The highest BCUT2D eigenvalue weighted by Crippen LogP contribution is 2.30. The molecule has 2 aromatic rings. The van der Waals surface area contributed by atoms with Crippen LogP contribution in [0.15, 0.2) is 29.8 Å². The predicted octanol–water partition coefficient (Wildman–Crippen LogP) is 3.07. The summed E-state index contributed by atoms with van der Waals surface area (Å²) in [6.45, 7) is 3.87. The molecule has 136 valence electrons. The molecule has 0 amide bonds. The van der Waals surface area contributed by atoms with E-state index < -0.39 is 9.84 Å². The van der Waals surface area contributed by atoms with Crippen LogP contribution < -0.4 is 0 Å². The van der Waals surface area contributed by atoms with Gasteiger partial charge in [-0.15, -0.1) is 0 Å². The van der Waals surface area contributed by atoms with Crippen LogP contribution in [0.25, 0.3) is 6.08 Å². The number of benzene rings is 1. The molecule has 1 aliphatic carbocycles. The predicted molar refractivity (Wildman–Crippen MR) is 101 cm³/mol. The second kappa shape index (κ2) is 6.20. The first-order chi connectivity index (χ1) is 12.4. The Bertz CT molecular complexity index is 1030. The summed E-state index contributed by atoms with van der Waals surface area (Å²) in [6.07, 6.45) is 4.14. The molecule has 26 heavy (non-hydrogen) atoms. The third kappa shape index (κ3) is 2.92. The molecule has 2 heterocycles. The highest BCUT2D eigenvalue weighted by atomic mass is 32.2. The van der Waals surface area contributed by atoms with Gasteiger partial charge in [-0.05, 0) is 44.7 Å². The van der Waals surface area contributed by atoms with Gasteiger partial charge in [0, 0.05) is 22.4 Å². The Hall–Kier alpha value is -2.21. The largest absolute Gasteiger partial charge is 0.289 e. The van der Waals surface area contributed by atoms with Crippen LogP contribution in [0.2, 0.25) is 0 Å². The summed E-state index contributed by atoms with van der Waals surface area (Å²) >= 11 is 0. The lowest BCUT2D eigenvalue weighted by molar-refractivity contribution is 0.102. The SMILES string of the molecule is Cc1nn(C2CCS(=O)(=O)C2)c(C)c1/C=C1\CCc2ccccc2C1=O. The molecule has 2 aliphatic rings. The van der Waals surface area contributed by atoms with E-state index in [0.29, 0.717) is 6.42 Å². The van der Waals surface area contributed by atoms with Crippen molar-refractivity contribution < 1.29 is 13.2 Å². The van der Waals surface area contributed by atoms with Crippen LogP contribution in [0.5, 0.6) is 0 Å². The fraction of sp³-hybridized carbons (Fsp3) is 0.400. The van der Waals surface area contributed by atoms with Crippen molar-refractivity contribution >= 4 is 21.7 Å². The summed E-state index contributed by atoms with van der Waals surface area (Å²) in [5.74, 6) is 0.459. The Labute approximate surface area is 153 Å². The van der Waals surface area contributed by atoms with Crippen molar-refractivity contribution in [2.75, 3.05) is 11.5 Å². The number of fused-ring (bicyclic) bond motifs is 1. The molecule has 0 saturated carbocycles. The van der Waals surface area contributed by atoms with Gasteiger partial charge < -0.3 is 0 Å². The van der Waals surface area contributed by atoms with Crippen LogP contribution in [0, 0.1) is 13.8 Å². The maximum Gasteiger partial charge on any atom is 0.189 e. The van der Waals surface area contributed by atoms with E-state index in [2.05, 4.69) is 5.10 Å². The molecule has 1 unspecified atom stereocenters. The molecule has 6 heteroatoms. The lowest BCUT2D eigenvalue weighted by atomic mass is 9.86. The first kappa shape index (κ1) is 17.2. The zero-order valence-electron chi connectivity index (χ0n) is 15.0. The molecule has 1 saturated heterocycles. The monoisotopic (exact) mass is 370 g/mol. The Morgan fingerprint density at radius 3 is 2.69 bits per heavy atom. The van der Waals surface area contributed by atoms with Gasteiger partial charge >= 0.3 is 0 Å². The Balaban J connectivity index is 1.69. The third-order valence-electron chi connectivity index (χ3n) is 5.47. The van der Waals surface area contributed by atoms with Crippen LogP contribution in [0.4, 0.5) is 0 Å². The minimum atomic E-state index is -2.96. The number of hydrogen-bond acceptors (Lipinski definition) is 4. The van der Waals surface area contributed by atoms with E-state index in [1.54, 1.807) is 0 Å². The quantitative estimate of drug-likeness (QED) is 0.762. The smallest absolute Gasteiger partial charge is 0.189 e. The average Bonchev–Trinajstić information content (AvgIpc) is 3.10. The number of hydrogen-bond donors (Lipinski definition) is 0. The summed E-state index contributed by atoms with van der Waals surface area (Å²) < 4.78 is 25.4. The topological polar surface area (TPSA) is 69.0 Å². The maximum absolute atomic E-state index is 12.8. The number of carbonyl (C=O) groups is 1. The zero-order valence-corrected chi connectivity index (χ0v) is 15.8. The molecular weight excluding hydrogens is 348 g/mol. The van der Waals surface area contributed by atoms with Crippen LogP contribution >= 0.6 is 0 Å². The van der Waals surface area contributed by atoms with Crippen molar-refractivity contribution in [3.8, 4) is 0 Å². The average molecular weight is 370 g/mol. The highest BCUT2D eigenvalue weighted by Gasteiger charge is 2.31. The number of rotatable bonds is 2. The lowest BCUT2D eigenvalue weighted by Gasteiger charge is -2.17. The first-order valence-corrected chi connectivity index (χ1v) is 10.8. The summed E-state index contributed by atoms with van der Waals surface area (Å²) in [7, 11) is -2.96. The summed E-state index contributed by atoms with van der Waals surface area (Å²) in [6, 6.07) is 7.66. The van der Waals surface area contributed by atoms with Crippen molar-refractivity contribution in [1.82, 2.24) is 9.78 Å². The van der Waals surface area contributed by atoms with E-state index in [9.17, 15) is 13.2 Å². The maximum atomic E-state index is 12.8. The molecule has 0 radical (unpaired) electrons. The van der Waals surface area contributed by atoms with Crippen molar-refractivity contribution in [1.29, 1.82) is 0 Å². The Kier molecular flexibility index (Phi) is 4.10. The highest BCUT2D eigenvalue weighted by molar-refractivity contribution is 7.91. The fourth-order valence-electron chi connectivity index (χ4n) is 4.04. The molecule has 5 nitrogen and oxygen atoms in total. The number of allylic oxidation sites excluding steroid dienone is 1. The molecule has 0 bridgehead atoms. The molecule has 1 aromatic heterocycles. The van der Waals surface area contributed by atoms with Gasteiger partial charge in [0.1, 0.15) is 0 Å². The standard InChI is InChI=1S/C20H22N2O3S/c1-13-19(14(2)22(21-13)17-9-10-26(24,25)12-17)11-16-8-7-15-5-3-4-6-18(15)20(16)23/h3-6,11,17H,7-10,12H2,1-2H3/b16-11+. The van der Waals surface area contributed by atoms with Crippen LogP contribution in [0.1, 0.15) is 51.8 Å². The molecule has 1 fully saturated rings. The van der Waals surface area contributed by atoms with Gasteiger partial charge in [-0.3, -0.25) is 9.48 Å². The summed E-state index contributed by atoms with van der Waals surface area (Å²) in [4.78, 5) is 12.8. The molecule has 1 aromatic carbocycles. The van der Waals surface area contributed by atoms with Gasteiger partial charge in [0.05, 0.1) is 23.2 Å². The normalized spacial score (nSPS) is 23.4. The number of sulfone groups is 1. The van der Waals surface area contributed by atoms with Crippen LogP contribution in [-0.4, -0.2) is 35.5 Å². The van der Waals surface area contributed by atoms with Crippen LogP contribution in [-0.2, 0) is 16.3 Å². The van der Waals surface area contributed by atoms with E-state index in [0.717, 1.165) is 46.5 Å². The van der Waals surface area contributed by atoms with Crippen molar-refractivity contribution in [2.45, 2.75) is 39.2 Å². The zero-order chi connectivity index (χ0) is 18.5. The number of carbonyl (C=O) groups excluding carboxylic acids is 1. The van der Waals surface area contributed by atoms with Crippen LogP contribution in [0.3, 0.4) is 0 Å². The molecule has 1 atom stereocenters. The minimum Gasteiger partial charge on any atom is -0.289 e. The van der Waals surface area contributed by atoms with E-state index >= 15 is 0 Å². The number of ketones is 1. The molecular formula is C20H22N2O3S. The Morgan fingerprint density at radius 2 is 1.96 bits per heavy atom.